The first-order chi connectivity index (χ1) is 9.49. The molecule has 0 aliphatic carbocycles. The predicted octanol–water partition coefficient (Wildman–Crippen LogP) is 3.45. The average Bonchev–Trinajstić information content (AvgIpc) is 2.41. The fraction of sp³-hybridized carbons (Fsp3) is 0.467. The second-order valence-electron chi connectivity index (χ2n) is 5.18. The van der Waals surface area contributed by atoms with Gasteiger partial charge in [-0.15, -0.1) is 0 Å². The van der Waals surface area contributed by atoms with Gasteiger partial charge in [0.25, 0.3) is 5.91 Å². The van der Waals surface area contributed by atoms with Crippen LogP contribution in [-0.4, -0.2) is 29.2 Å². The molecule has 0 saturated carbocycles. The lowest BCUT2D eigenvalue weighted by atomic mass is 9.96. The number of carbonyl (C=O) groups excluding carboxylic acids is 2. The molecule has 0 aromatic heterocycles. The van der Waals surface area contributed by atoms with E-state index in [1.54, 1.807) is 4.90 Å². The Hall–Kier alpha value is -1.42. The highest BCUT2D eigenvalue weighted by molar-refractivity contribution is 6.31. The molecule has 108 valence electrons. The van der Waals surface area contributed by atoms with Gasteiger partial charge >= 0.3 is 0 Å². The number of rotatable bonds is 3. The number of piperidine rings is 1. The second-order valence-corrected chi connectivity index (χ2v) is 5.61. The van der Waals surface area contributed by atoms with Crippen LogP contribution in [0.5, 0.6) is 0 Å². The number of amides is 1. The summed E-state index contributed by atoms with van der Waals surface area (Å²) in [5, 5.41) is 0.329. The third-order valence-electron chi connectivity index (χ3n) is 3.57. The summed E-state index contributed by atoms with van der Waals surface area (Å²) in [6.45, 7) is 2.07. The highest BCUT2D eigenvalue weighted by Crippen LogP contribution is 2.24. The summed E-state index contributed by atoms with van der Waals surface area (Å²) < 4.78 is 13.8. The summed E-state index contributed by atoms with van der Waals surface area (Å²) in [6.07, 6.45) is 2.98. The molecule has 1 aliphatic rings. The molecular formula is C15H17ClFNO2. The standard InChI is InChI=1S/C15H17ClFNO2/c1-10(19)8-12-4-2-3-7-18(12)15(20)13-9-11(16)5-6-14(13)17/h5-6,9,12H,2-4,7-8H2,1H3. The lowest BCUT2D eigenvalue weighted by Crippen LogP contribution is -2.44. The lowest BCUT2D eigenvalue weighted by molar-refractivity contribution is -0.118. The third kappa shape index (κ3) is 3.37. The van der Waals surface area contributed by atoms with Crippen LogP contribution in [0.2, 0.25) is 5.02 Å². The molecular weight excluding hydrogens is 281 g/mol. The van der Waals surface area contributed by atoms with Crippen molar-refractivity contribution in [1.82, 2.24) is 4.90 Å². The van der Waals surface area contributed by atoms with Crippen LogP contribution < -0.4 is 0 Å². The topological polar surface area (TPSA) is 37.4 Å². The summed E-state index contributed by atoms with van der Waals surface area (Å²) >= 11 is 5.83. The van der Waals surface area contributed by atoms with E-state index in [9.17, 15) is 14.0 Å². The second kappa shape index (κ2) is 6.35. The molecule has 1 saturated heterocycles. The van der Waals surface area contributed by atoms with Crippen molar-refractivity contribution in [3.05, 3.63) is 34.6 Å². The van der Waals surface area contributed by atoms with Crippen molar-refractivity contribution >= 4 is 23.3 Å². The molecule has 1 aromatic carbocycles. The average molecular weight is 298 g/mol. The first-order valence-electron chi connectivity index (χ1n) is 6.74. The molecule has 1 fully saturated rings. The maximum atomic E-state index is 13.8. The van der Waals surface area contributed by atoms with Gasteiger partial charge in [-0.2, -0.15) is 0 Å². The van der Waals surface area contributed by atoms with E-state index in [0.29, 0.717) is 18.0 Å². The minimum absolute atomic E-state index is 0.0204. The van der Waals surface area contributed by atoms with Gasteiger partial charge in [0, 0.05) is 24.0 Å². The number of likely N-dealkylation sites (tertiary alicyclic amines) is 1. The van der Waals surface area contributed by atoms with Crippen molar-refractivity contribution in [3.8, 4) is 0 Å². The van der Waals surface area contributed by atoms with Gasteiger partial charge in [-0.25, -0.2) is 4.39 Å². The van der Waals surface area contributed by atoms with Gasteiger partial charge in [-0.3, -0.25) is 9.59 Å². The van der Waals surface area contributed by atoms with E-state index in [1.165, 1.54) is 25.1 Å². The largest absolute Gasteiger partial charge is 0.335 e. The van der Waals surface area contributed by atoms with Crippen LogP contribution in [0.3, 0.4) is 0 Å². The SMILES string of the molecule is CC(=O)CC1CCCCN1C(=O)c1cc(Cl)ccc1F. The summed E-state index contributed by atoms with van der Waals surface area (Å²) in [4.78, 5) is 25.4. The number of ketones is 1. The molecule has 1 aromatic rings. The Morgan fingerprint density at radius 2 is 2.15 bits per heavy atom. The lowest BCUT2D eigenvalue weighted by Gasteiger charge is -2.35. The number of nitrogens with zero attached hydrogens (tertiary/aromatic N) is 1. The van der Waals surface area contributed by atoms with Crippen molar-refractivity contribution in [1.29, 1.82) is 0 Å². The van der Waals surface area contributed by atoms with Gasteiger partial charge in [0.1, 0.15) is 11.6 Å². The van der Waals surface area contributed by atoms with E-state index >= 15 is 0 Å². The zero-order valence-electron chi connectivity index (χ0n) is 11.4. The van der Waals surface area contributed by atoms with E-state index in [1.807, 2.05) is 0 Å². The van der Waals surface area contributed by atoms with Crippen LogP contribution in [0.25, 0.3) is 0 Å². The molecule has 0 N–H and O–H groups in total. The van der Waals surface area contributed by atoms with Crippen LogP contribution in [-0.2, 0) is 4.79 Å². The molecule has 0 radical (unpaired) electrons. The maximum Gasteiger partial charge on any atom is 0.257 e. The summed E-state index contributed by atoms with van der Waals surface area (Å²) in [5.74, 6) is -0.913. The number of hydrogen-bond donors (Lipinski definition) is 0. The van der Waals surface area contributed by atoms with Gasteiger partial charge in [-0.05, 0) is 44.4 Å². The smallest absolute Gasteiger partial charge is 0.257 e. The molecule has 3 nitrogen and oxygen atoms in total. The molecule has 1 unspecified atom stereocenters. The normalized spacial score (nSPS) is 18.9. The van der Waals surface area contributed by atoms with Crippen LogP contribution in [0.15, 0.2) is 18.2 Å². The van der Waals surface area contributed by atoms with Crippen LogP contribution in [0.1, 0.15) is 43.0 Å². The summed E-state index contributed by atoms with van der Waals surface area (Å²) in [7, 11) is 0. The Morgan fingerprint density at radius 1 is 1.40 bits per heavy atom. The first kappa shape index (κ1) is 15.0. The van der Waals surface area contributed by atoms with E-state index in [4.69, 9.17) is 11.6 Å². The quantitative estimate of drug-likeness (QED) is 0.857. The van der Waals surface area contributed by atoms with E-state index in [-0.39, 0.29) is 23.3 Å². The minimum Gasteiger partial charge on any atom is -0.335 e. The Labute approximate surface area is 122 Å². The fourth-order valence-corrected chi connectivity index (χ4v) is 2.80. The molecule has 0 bridgehead atoms. The van der Waals surface area contributed by atoms with Crippen LogP contribution in [0.4, 0.5) is 4.39 Å². The maximum absolute atomic E-state index is 13.8. The predicted molar refractivity (Wildman–Crippen MR) is 75.4 cm³/mol. The zero-order chi connectivity index (χ0) is 14.7. The third-order valence-corrected chi connectivity index (χ3v) is 3.80. The molecule has 0 spiro atoms. The molecule has 1 aliphatic heterocycles. The Bertz CT molecular complexity index is 533. The van der Waals surface area contributed by atoms with Gasteiger partial charge in [0.2, 0.25) is 0 Å². The van der Waals surface area contributed by atoms with Gasteiger partial charge in [0.05, 0.1) is 5.56 Å². The van der Waals surface area contributed by atoms with Crippen LogP contribution in [0, 0.1) is 5.82 Å². The summed E-state index contributed by atoms with van der Waals surface area (Å²) in [6, 6.07) is 3.82. The molecule has 2 rings (SSSR count). The van der Waals surface area contributed by atoms with E-state index < -0.39 is 5.82 Å². The number of hydrogen-bond acceptors (Lipinski definition) is 2. The number of Topliss-reactive ketones (excluding diaryl/α,β-unsaturated/α-hetero) is 1. The Morgan fingerprint density at radius 3 is 2.85 bits per heavy atom. The number of carbonyl (C=O) groups is 2. The van der Waals surface area contributed by atoms with E-state index in [0.717, 1.165) is 19.3 Å². The number of halogens is 2. The highest BCUT2D eigenvalue weighted by atomic mass is 35.5. The number of benzene rings is 1. The zero-order valence-corrected chi connectivity index (χ0v) is 12.1. The Balaban J connectivity index is 2.25. The van der Waals surface area contributed by atoms with Gasteiger partial charge < -0.3 is 4.90 Å². The monoisotopic (exact) mass is 297 g/mol. The van der Waals surface area contributed by atoms with Gasteiger partial charge in [-0.1, -0.05) is 11.6 Å². The molecule has 1 heterocycles. The Kier molecular flexibility index (Phi) is 4.76. The fourth-order valence-electron chi connectivity index (χ4n) is 2.63. The molecule has 1 atom stereocenters. The molecule has 5 heteroatoms. The van der Waals surface area contributed by atoms with Crippen molar-refractivity contribution in [2.75, 3.05) is 6.54 Å². The minimum atomic E-state index is -0.577. The van der Waals surface area contributed by atoms with Crippen molar-refractivity contribution < 1.29 is 14.0 Å². The highest BCUT2D eigenvalue weighted by Gasteiger charge is 2.29. The van der Waals surface area contributed by atoms with Crippen molar-refractivity contribution in [3.63, 3.8) is 0 Å². The van der Waals surface area contributed by atoms with Crippen molar-refractivity contribution in [2.45, 2.75) is 38.6 Å². The van der Waals surface area contributed by atoms with E-state index in [2.05, 4.69) is 0 Å². The van der Waals surface area contributed by atoms with Gasteiger partial charge in [0.15, 0.2) is 0 Å². The first-order valence-corrected chi connectivity index (χ1v) is 7.12. The molecule has 20 heavy (non-hydrogen) atoms. The summed E-state index contributed by atoms with van der Waals surface area (Å²) in [5.41, 5.74) is -0.0204. The van der Waals surface area contributed by atoms with Crippen LogP contribution >= 0.6 is 11.6 Å². The van der Waals surface area contributed by atoms with Crippen molar-refractivity contribution in [2.24, 2.45) is 0 Å². The molecule has 1 amide bonds.